The molecule has 1 aromatic heterocycles. The topological polar surface area (TPSA) is 79.8 Å². The van der Waals surface area contributed by atoms with Gasteiger partial charge in [-0.05, 0) is 61.9 Å². The number of ether oxygens (including phenoxy) is 1. The highest BCUT2D eigenvalue weighted by Gasteiger charge is 2.34. The Balaban J connectivity index is 1.35. The SMILES string of the molecule is CCOc1ccc(N(C(=O)CCCN2C(=O)c3ccccc3C2=O)c2nc3ccccc3s2)cc1. The van der Waals surface area contributed by atoms with Crippen LogP contribution in [-0.2, 0) is 4.79 Å². The lowest BCUT2D eigenvalue weighted by Crippen LogP contribution is -2.32. The molecule has 0 fully saturated rings. The summed E-state index contributed by atoms with van der Waals surface area (Å²) in [6.45, 7) is 2.64. The zero-order valence-electron chi connectivity index (χ0n) is 19.1. The number of imide groups is 1. The molecule has 1 aliphatic heterocycles. The minimum atomic E-state index is -0.312. The first-order valence-corrected chi connectivity index (χ1v) is 12.2. The van der Waals surface area contributed by atoms with E-state index in [0.29, 0.717) is 35.0 Å². The number of carbonyl (C=O) groups is 3. The first-order valence-electron chi connectivity index (χ1n) is 11.4. The van der Waals surface area contributed by atoms with E-state index >= 15 is 0 Å². The van der Waals surface area contributed by atoms with Gasteiger partial charge >= 0.3 is 0 Å². The van der Waals surface area contributed by atoms with Crippen molar-refractivity contribution in [2.24, 2.45) is 0 Å². The van der Waals surface area contributed by atoms with Crippen LogP contribution in [0, 0.1) is 0 Å². The van der Waals surface area contributed by atoms with Crippen molar-refractivity contribution in [3.05, 3.63) is 83.9 Å². The monoisotopic (exact) mass is 485 g/mol. The number of thiazole rings is 1. The molecule has 1 aliphatic rings. The number of benzene rings is 3. The van der Waals surface area contributed by atoms with E-state index in [0.717, 1.165) is 16.0 Å². The summed E-state index contributed by atoms with van der Waals surface area (Å²) in [6.07, 6.45) is 0.499. The average Bonchev–Trinajstić information content (AvgIpc) is 3.40. The number of fused-ring (bicyclic) bond motifs is 2. The second kappa shape index (κ2) is 9.68. The number of amides is 3. The normalized spacial score (nSPS) is 12.8. The number of rotatable bonds is 8. The first-order chi connectivity index (χ1) is 17.1. The summed E-state index contributed by atoms with van der Waals surface area (Å²) < 4.78 is 6.52. The number of aromatic nitrogens is 1. The fraction of sp³-hybridized carbons (Fsp3) is 0.185. The van der Waals surface area contributed by atoms with Crippen molar-refractivity contribution in [1.29, 1.82) is 0 Å². The highest BCUT2D eigenvalue weighted by Crippen LogP contribution is 2.35. The summed E-state index contributed by atoms with van der Waals surface area (Å²) in [7, 11) is 0. The largest absolute Gasteiger partial charge is 0.494 e. The van der Waals surface area contributed by atoms with Crippen molar-refractivity contribution >= 4 is 50.1 Å². The van der Waals surface area contributed by atoms with Crippen LogP contribution in [0.25, 0.3) is 10.2 Å². The molecule has 35 heavy (non-hydrogen) atoms. The average molecular weight is 486 g/mol. The van der Waals surface area contributed by atoms with E-state index in [9.17, 15) is 14.4 Å². The van der Waals surface area contributed by atoms with Crippen LogP contribution in [0.3, 0.4) is 0 Å². The van der Waals surface area contributed by atoms with E-state index in [1.807, 2.05) is 55.5 Å². The van der Waals surface area contributed by atoms with Gasteiger partial charge in [-0.3, -0.25) is 24.2 Å². The summed E-state index contributed by atoms with van der Waals surface area (Å²) >= 11 is 1.44. The zero-order valence-corrected chi connectivity index (χ0v) is 20.0. The fourth-order valence-electron chi connectivity index (χ4n) is 4.12. The Hall–Kier alpha value is -4.04. The molecule has 5 rings (SSSR count). The van der Waals surface area contributed by atoms with Crippen molar-refractivity contribution in [3.63, 3.8) is 0 Å². The lowest BCUT2D eigenvalue weighted by molar-refractivity contribution is -0.118. The third kappa shape index (κ3) is 4.40. The molecule has 0 saturated carbocycles. The number of anilines is 2. The van der Waals surface area contributed by atoms with Gasteiger partial charge in [0.15, 0.2) is 5.13 Å². The molecule has 3 aromatic carbocycles. The van der Waals surface area contributed by atoms with Gasteiger partial charge in [0, 0.05) is 13.0 Å². The number of hydrogen-bond donors (Lipinski definition) is 0. The molecule has 0 atom stereocenters. The van der Waals surface area contributed by atoms with Crippen molar-refractivity contribution in [2.75, 3.05) is 18.1 Å². The van der Waals surface area contributed by atoms with Crippen molar-refractivity contribution in [1.82, 2.24) is 9.88 Å². The third-order valence-electron chi connectivity index (χ3n) is 5.78. The van der Waals surface area contributed by atoms with Gasteiger partial charge in [-0.15, -0.1) is 0 Å². The molecule has 0 radical (unpaired) electrons. The van der Waals surface area contributed by atoms with Crippen LogP contribution >= 0.6 is 11.3 Å². The predicted octanol–water partition coefficient (Wildman–Crippen LogP) is 5.44. The lowest BCUT2D eigenvalue weighted by atomic mass is 10.1. The molecule has 0 aliphatic carbocycles. The van der Waals surface area contributed by atoms with Crippen LogP contribution < -0.4 is 9.64 Å². The predicted molar refractivity (Wildman–Crippen MR) is 135 cm³/mol. The molecule has 4 aromatic rings. The Bertz CT molecular complexity index is 1350. The van der Waals surface area contributed by atoms with Gasteiger partial charge in [0.1, 0.15) is 5.75 Å². The summed E-state index contributed by atoms with van der Waals surface area (Å²) in [4.78, 5) is 46.2. The number of nitrogens with zero attached hydrogens (tertiary/aromatic N) is 3. The number of para-hydroxylation sites is 1. The maximum Gasteiger partial charge on any atom is 0.261 e. The van der Waals surface area contributed by atoms with Gasteiger partial charge in [-0.2, -0.15) is 0 Å². The van der Waals surface area contributed by atoms with E-state index < -0.39 is 0 Å². The molecule has 0 unspecified atom stereocenters. The quantitative estimate of drug-likeness (QED) is 0.311. The Kier molecular flexibility index (Phi) is 6.29. The van der Waals surface area contributed by atoms with Crippen LogP contribution in [0.1, 0.15) is 40.5 Å². The minimum Gasteiger partial charge on any atom is -0.494 e. The van der Waals surface area contributed by atoms with E-state index in [1.54, 1.807) is 29.2 Å². The Morgan fingerprint density at radius 3 is 2.26 bits per heavy atom. The molecular weight excluding hydrogens is 462 g/mol. The fourth-order valence-corrected chi connectivity index (χ4v) is 5.12. The van der Waals surface area contributed by atoms with E-state index in [-0.39, 0.29) is 30.7 Å². The summed E-state index contributed by atoms with van der Waals surface area (Å²) in [6, 6.07) is 21.8. The third-order valence-corrected chi connectivity index (χ3v) is 6.80. The van der Waals surface area contributed by atoms with Crippen LogP contribution in [-0.4, -0.2) is 40.8 Å². The molecule has 7 nitrogen and oxygen atoms in total. The van der Waals surface area contributed by atoms with Crippen LogP contribution in [0.4, 0.5) is 10.8 Å². The maximum atomic E-state index is 13.5. The van der Waals surface area contributed by atoms with Gasteiger partial charge in [0.2, 0.25) is 5.91 Å². The van der Waals surface area contributed by atoms with Crippen molar-refractivity contribution < 1.29 is 19.1 Å². The molecule has 3 amide bonds. The highest BCUT2D eigenvalue weighted by atomic mass is 32.1. The summed E-state index contributed by atoms with van der Waals surface area (Å²) in [5, 5.41) is 0.570. The Morgan fingerprint density at radius 2 is 1.60 bits per heavy atom. The number of carbonyl (C=O) groups excluding carboxylic acids is 3. The molecular formula is C27H23N3O4S. The minimum absolute atomic E-state index is 0.149. The molecule has 176 valence electrons. The molecule has 2 heterocycles. The van der Waals surface area contributed by atoms with E-state index in [1.165, 1.54) is 16.2 Å². The zero-order chi connectivity index (χ0) is 24.4. The first kappa shape index (κ1) is 22.7. The summed E-state index contributed by atoms with van der Waals surface area (Å²) in [5.41, 5.74) is 2.32. The molecule has 0 bridgehead atoms. The second-order valence-electron chi connectivity index (χ2n) is 8.03. The highest BCUT2D eigenvalue weighted by molar-refractivity contribution is 7.22. The number of hydrogen-bond acceptors (Lipinski definition) is 6. The van der Waals surface area contributed by atoms with Gasteiger partial charge < -0.3 is 4.74 Å². The van der Waals surface area contributed by atoms with E-state index in [2.05, 4.69) is 4.98 Å². The van der Waals surface area contributed by atoms with Gasteiger partial charge in [-0.1, -0.05) is 35.6 Å². The van der Waals surface area contributed by atoms with Crippen molar-refractivity contribution in [2.45, 2.75) is 19.8 Å². The molecule has 0 spiro atoms. The second-order valence-corrected chi connectivity index (χ2v) is 9.04. The standard InChI is InChI=1S/C27H23N3O4S/c1-2-34-19-15-13-18(14-16-19)30(27-28-22-10-5-6-11-23(22)35-27)24(31)12-7-17-29-25(32)20-8-3-4-9-21(20)26(29)33/h3-6,8-11,13-16H,2,7,12,17H2,1H3. The smallest absolute Gasteiger partial charge is 0.261 e. The molecule has 0 saturated heterocycles. The molecule has 8 heteroatoms. The van der Waals surface area contributed by atoms with Gasteiger partial charge in [0.25, 0.3) is 11.8 Å². The Morgan fingerprint density at radius 1 is 0.943 bits per heavy atom. The van der Waals surface area contributed by atoms with Crippen molar-refractivity contribution in [3.8, 4) is 5.75 Å². The van der Waals surface area contributed by atoms with Crippen LogP contribution in [0.2, 0.25) is 0 Å². The van der Waals surface area contributed by atoms with Gasteiger partial charge in [0.05, 0.1) is 33.6 Å². The van der Waals surface area contributed by atoms with Crippen LogP contribution in [0.5, 0.6) is 5.75 Å². The Labute approximate surface area is 206 Å². The maximum absolute atomic E-state index is 13.5. The van der Waals surface area contributed by atoms with E-state index in [4.69, 9.17) is 4.74 Å². The van der Waals surface area contributed by atoms with Crippen LogP contribution in [0.15, 0.2) is 72.8 Å². The summed E-state index contributed by atoms with van der Waals surface area (Å²) in [5.74, 6) is -0.0661. The lowest BCUT2D eigenvalue weighted by Gasteiger charge is -2.21. The molecule has 0 N–H and O–H groups in total. The van der Waals surface area contributed by atoms with Gasteiger partial charge in [-0.25, -0.2) is 4.98 Å².